The number of nitrogens with one attached hydrogen (secondary N) is 1. The zero-order valence-corrected chi connectivity index (χ0v) is 14.3. The average Bonchev–Trinajstić information content (AvgIpc) is 2.58. The van der Waals surface area contributed by atoms with E-state index in [4.69, 9.17) is 0 Å². The smallest absolute Gasteiger partial charge is 0.406 e. The van der Waals surface area contributed by atoms with Gasteiger partial charge in [0.05, 0.1) is 6.04 Å². The summed E-state index contributed by atoms with van der Waals surface area (Å²) >= 11 is 0. The van der Waals surface area contributed by atoms with Gasteiger partial charge in [-0.2, -0.15) is 0 Å². The first-order valence-electron chi connectivity index (χ1n) is 8.40. The lowest BCUT2D eigenvalue weighted by molar-refractivity contribution is -0.274. The van der Waals surface area contributed by atoms with E-state index in [1.807, 2.05) is 13.0 Å². The topological polar surface area (TPSA) is 24.5 Å². The van der Waals surface area contributed by atoms with Crippen LogP contribution in [0, 0.1) is 12.7 Å². The molecule has 1 fully saturated rings. The van der Waals surface area contributed by atoms with Crippen molar-refractivity contribution in [2.75, 3.05) is 26.2 Å². The van der Waals surface area contributed by atoms with E-state index in [1.54, 1.807) is 18.2 Å². The number of aryl methyl sites for hydroxylation is 1. The summed E-state index contributed by atoms with van der Waals surface area (Å²) in [7, 11) is 0. The van der Waals surface area contributed by atoms with Gasteiger partial charge in [0, 0.05) is 31.7 Å². The second kappa shape index (κ2) is 7.63. The molecule has 0 bridgehead atoms. The molecule has 0 spiro atoms. The van der Waals surface area contributed by atoms with Crippen LogP contribution in [0.15, 0.2) is 42.5 Å². The summed E-state index contributed by atoms with van der Waals surface area (Å²) < 4.78 is 55.6. The lowest BCUT2D eigenvalue weighted by atomic mass is 9.95. The predicted molar refractivity (Wildman–Crippen MR) is 90.5 cm³/mol. The molecule has 7 heteroatoms. The Morgan fingerprint density at radius 2 is 1.69 bits per heavy atom. The van der Waals surface area contributed by atoms with Crippen molar-refractivity contribution in [3.63, 3.8) is 0 Å². The van der Waals surface area contributed by atoms with Crippen molar-refractivity contribution in [3.8, 4) is 5.75 Å². The Balaban J connectivity index is 1.95. The van der Waals surface area contributed by atoms with Gasteiger partial charge < -0.3 is 10.1 Å². The van der Waals surface area contributed by atoms with Crippen LogP contribution in [0.5, 0.6) is 5.75 Å². The van der Waals surface area contributed by atoms with Crippen LogP contribution < -0.4 is 10.1 Å². The summed E-state index contributed by atoms with van der Waals surface area (Å²) in [6.45, 7) is 4.81. The van der Waals surface area contributed by atoms with Gasteiger partial charge in [0.15, 0.2) is 0 Å². The Bertz CT molecular complexity index is 740. The molecule has 1 N–H and O–H groups in total. The molecule has 26 heavy (non-hydrogen) atoms. The van der Waals surface area contributed by atoms with Crippen LogP contribution in [0.4, 0.5) is 17.6 Å². The molecule has 2 aromatic rings. The molecule has 0 saturated carbocycles. The summed E-state index contributed by atoms with van der Waals surface area (Å²) in [6.07, 6.45) is -4.73. The number of hydrogen-bond donors (Lipinski definition) is 1. The minimum absolute atomic E-state index is 0.287. The van der Waals surface area contributed by atoms with Crippen LogP contribution in [0.25, 0.3) is 0 Å². The van der Waals surface area contributed by atoms with Crippen LogP contribution in [0.1, 0.15) is 22.7 Å². The highest BCUT2D eigenvalue weighted by Crippen LogP contribution is 2.33. The zero-order chi connectivity index (χ0) is 18.7. The van der Waals surface area contributed by atoms with E-state index in [2.05, 4.69) is 15.0 Å². The lowest BCUT2D eigenvalue weighted by Gasteiger charge is -2.35. The molecule has 0 unspecified atom stereocenters. The van der Waals surface area contributed by atoms with E-state index in [9.17, 15) is 17.6 Å². The molecule has 0 amide bonds. The van der Waals surface area contributed by atoms with Gasteiger partial charge in [0.1, 0.15) is 11.6 Å². The van der Waals surface area contributed by atoms with Gasteiger partial charge in [0.25, 0.3) is 0 Å². The minimum atomic E-state index is -4.73. The van der Waals surface area contributed by atoms with E-state index < -0.39 is 6.36 Å². The number of alkyl halides is 3. The third kappa shape index (κ3) is 4.53. The van der Waals surface area contributed by atoms with Crippen LogP contribution in [-0.2, 0) is 0 Å². The molecule has 140 valence electrons. The molecule has 0 aliphatic carbocycles. The van der Waals surface area contributed by atoms with Gasteiger partial charge in [-0.3, -0.25) is 4.90 Å². The largest absolute Gasteiger partial charge is 0.573 e. The summed E-state index contributed by atoms with van der Waals surface area (Å²) in [5, 5.41) is 3.25. The first kappa shape index (κ1) is 18.7. The minimum Gasteiger partial charge on any atom is -0.406 e. The second-order valence-electron chi connectivity index (χ2n) is 6.33. The fourth-order valence-electron chi connectivity index (χ4n) is 3.23. The van der Waals surface area contributed by atoms with Gasteiger partial charge >= 0.3 is 6.36 Å². The number of benzene rings is 2. The van der Waals surface area contributed by atoms with E-state index in [0.29, 0.717) is 5.56 Å². The number of halogens is 4. The van der Waals surface area contributed by atoms with Crippen molar-refractivity contribution in [1.82, 2.24) is 10.2 Å². The Morgan fingerprint density at radius 1 is 1.04 bits per heavy atom. The summed E-state index contributed by atoms with van der Waals surface area (Å²) in [6, 6.07) is 10.4. The molecule has 1 atom stereocenters. The van der Waals surface area contributed by atoms with Crippen molar-refractivity contribution in [3.05, 3.63) is 65.0 Å². The van der Waals surface area contributed by atoms with E-state index in [-0.39, 0.29) is 17.6 Å². The number of piperazine rings is 1. The molecule has 1 saturated heterocycles. The molecule has 3 rings (SSSR count). The standard InChI is InChI=1S/C19H20F4N2O/c1-13-2-7-16(17(20)12-13)18(25-10-8-24-9-11-25)14-3-5-15(6-4-14)26-19(21,22)23/h2-7,12,18,24H,8-11H2,1H3/t18-/m1/s1. The summed E-state index contributed by atoms with van der Waals surface area (Å²) in [5.74, 6) is -0.603. The first-order chi connectivity index (χ1) is 12.3. The number of hydrogen-bond acceptors (Lipinski definition) is 3. The van der Waals surface area contributed by atoms with Crippen molar-refractivity contribution >= 4 is 0 Å². The molecule has 0 radical (unpaired) electrons. The van der Waals surface area contributed by atoms with Gasteiger partial charge in [0.2, 0.25) is 0 Å². The molecule has 1 heterocycles. The van der Waals surface area contributed by atoms with Crippen molar-refractivity contribution in [2.45, 2.75) is 19.3 Å². The first-order valence-corrected chi connectivity index (χ1v) is 8.40. The fraction of sp³-hybridized carbons (Fsp3) is 0.368. The second-order valence-corrected chi connectivity index (χ2v) is 6.33. The Hall–Kier alpha value is -2.12. The third-order valence-electron chi connectivity index (χ3n) is 4.40. The van der Waals surface area contributed by atoms with Gasteiger partial charge in [-0.25, -0.2) is 4.39 Å². The number of rotatable bonds is 4. The molecular weight excluding hydrogens is 348 g/mol. The highest BCUT2D eigenvalue weighted by Gasteiger charge is 2.31. The van der Waals surface area contributed by atoms with Crippen LogP contribution >= 0.6 is 0 Å². The van der Waals surface area contributed by atoms with Gasteiger partial charge in [-0.1, -0.05) is 24.3 Å². The van der Waals surface area contributed by atoms with Crippen LogP contribution in [0.3, 0.4) is 0 Å². The lowest BCUT2D eigenvalue weighted by Crippen LogP contribution is -2.45. The monoisotopic (exact) mass is 368 g/mol. The molecule has 3 nitrogen and oxygen atoms in total. The Labute approximate surface area is 149 Å². The van der Waals surface area contributed by atoms with E-state index in [0.717, 1.165) is 37.3 Å². The molecule has 1 aliphatic heterocycles. The van der Waals surface area contributed by atoms with Crippen LogP contribution in [-0.4, -0.2) is 37.4 Å². The summed E-state index contributed by atoms with van der Waals surface area (Å²) in [4.78, 5) is 2.13. The molecule has 0 aromatic heterocycles. The highest BCUT2D eigenvalue weighted by atomic mass is 19.4. The highest BCUT2D eigenvalue weighted by molar-refractivity contribution is 5.37. The number of nitrogens with zero attached hydrogens (tertiary/aromatic N) is 1. The Kier molecular flexibility index (Phi) is 5.48. The van der Waals surface area contributed by atoms with E-state index in [1.165, 1.54) is 18.2 Å². The average molecular weight is 368 g/mol. The maximum atomic E-state index is 14.6. The van der Waals surface area contributed by atoms with Crippen LogP contribution in [0.2, 0.25) is 0 Å². The van der Waals surface area contributed by atoms with Crippen molar-refractivity contribution < 1.29 is 22.3 Å². The third-order valence-corrected chi connectivity index (χ3v) is 4.40. The Morgan fingerprint density at radius 3 is 2.27 bits per heavy atom. The van der Waals surface area contributed by atoms with Gasteiger partial charge in [-0.15, -0.1) is 13.2 Å². The van der Waals surface area contributed by atoms with Gasteiger partial charge in [-0.05, 0) is 36.2 Å². The fourth-order valence-corrected chi connectivity index (χ4v) is 3.23. The van der Waals surface area contributed by atoms with Crippen molar-refractivity contribution in [1.29, 1.82) is 0 Å². The quantitative estimate of drug-likeness (QED) is 0.825. The molecular formula is C19H20F4N2O. The van der Waals surface area contributed by atoms with Crippen molar-refractivity contribution in [2.24, 2.45) is 0 Å². The number of ether oxygens (including phenoxy) is 1. The van der Waals surface area contributed by atoms with E-state index >= 15 is 0 Å². The molecule has 1 aliphatic rings. The zero-order valence-electron chi connectivity index (χ0n) is 14.3. The predicted octanol–water partition coefficient (Wildman–Crippen LogP) is 4.03. The molecule has 2 aromatic carbocycles. The normalized spacial score (nSPS) is 17.1. The maximum absolute atomic E-state index is 14.6. The SMILES string of the molecule is Cc1ccc([C@@H](c2ccc(OC(F)(F)F)cc2)N2CCNCC2)c(F)c1. The maximum Gasteiger partial charge on any atom is 0.573 e. The summed E-state index contributed by atoms with van der Waals surface area (Å²) in [5.41, 5.74) is 2.06.